The predicted molar refractivity (Wildman–Crippen MR) is 129 cm³/mol. The van der Waals surface area contributed by atoms with Gasteiger partial charge in [0, 0.05) is 19.2 Å². The maximum absolute atomic E-state index is 13.1. The molecule has 1 heterocycles. The van der Waals surface area contributed by atoms with E-state index in [1.807, 2.05) is 6.92 Å². The number of ether oxygens (including phenoxy) is 2. The summed E-state index contributed by atoms with van der Waals surface area (Å²) in [6.45, 7) is 6.88. The fourth-order valence-corrected chi connectivity index (χ4v) is 4.04. The van der Waals surface area contributed by atoms with E-state index in [-0.39, 0.29) is 29.5 Å². The Morgan fingerprint density at radius 3 is 2.45 bits per heavy atom. The number of carbonyl (C=O) groups is 2. The third-order valence-corrected chi connectivity index (χ3v) is 6.11. The summed E-state index contributed by atoms with van der Waals surface area (Å²) in [6, 6.07) is 9.28. The molecule has 1 amide bonds. The third kappa shape index (κ3) is 5.35. The number of likely N-dealkylation sites (tertiary alicyclic amines) is 1. The van der Waals surface area contributed by atoms with Crippen LogP contribution >= 0.6 is 23.2 Å². The SMILES string of the molecule is COCCN1C(=O)C(=O)/C(=C(/O)c2ccc(OCC(C)C)cc2C)[C@H]1c1ccc(Cl)c(Cl)c1. The van der Waals surface area contributed by atoms with E-state index in [1.165, 1.54) is 12.0 Å². The van der Waals surface area contributed by atoms with Crippen molar-refractivity contribution < 1.29 is 24.2 Å². The number of rotatable bonds is 8. The van der Waals surface area contributed by atoms with Crippen molar-refractivity contribution in [3.05, 3.63) is 68.7 Å². The molecule has 3 rings (SSSR count). The normalized spacial score (nSPS) is 17.8. The number of aliphatic hydroxyl groups is 1. The van der Waals surface area contributed by atoms with Crippen LogP contribution in [-0.4, -0.2) is 48.6 Å². The van der Waals surface area contributed by atoms with Crippen molar-refractivity contribution in [2.75, 3.05) is 26.9 Å². The highest BCUT2D eigenvalue weighted by Gasteiger charge is 2.46. The standard InChI is InChI=1S/C25H27Cl2NO5/c1-14(2)13-33-17-6-7-18(15(3)11-17)23(29)21-22(16-5-8-19(26)20(27)12-16)28(9-10-32-4)25(31)24(21)30/h5-8,11-12,14,22,29H,9-10,13H2,1-4H3/b23-21+/t22-/m1/s1. The molecule has 0 aliphatic carbocycles. The number of methoxy groups -OCH3 is 1. The predicted octanol–water partition coefficient (Wildman–Crippen LogP) is 5.40. The van der Waals surface area contributed by atoms with Gasteiger partial charge in [0.15, 0.2) is 0 Å². The van der Waals surface area contributed by atoms with Crippen LogP contribution in [0.3, 0.4) is 0 Å². The molecule has 176 valence electrons. The first-order chi connectivity index (χ1) is 15.6. The second-order valence-corrected chi connectivity index (χ2v) is 9.15. The molecule has 0 spiro atoms. The smallest absolute Gasteiger partial charge is 0.295 e. The minimum Gasteiger partial charge on any atom is -0.507 e. The lowest BCUT2D eigenvalue weighted by molar-refractivity contribution is -0.140. The Bertz CT molecular complexity index is 1100. The fourth-order valence-electron chi connectivity index (χ4n) is 3.73. The first kappa shape index (κ1) is 25.1. The number of aryl methyl sites for hydroxylation is 1. The highest BCUT2D eigenvalue weighted by molar-refractivity contribution is 6.47. The van der Waals surface area contributed by atoms with Gasteiger partial charge in [-0.2, -0.15) is 0 Å². The molecule has 1 aliphatic heterocycles. The molecule has 1 fully saturated rings. The minimum absolute atomic E-state index is 0.00607. The second-order valence-electron chi connectivity index (χ2n) is 8.34. The van der Waals surface area contributed by atoms with Crippen molar-refractivity contribution in [3.8, 4) is 5.75 Å². The van der Waals surface area contributed by atoms with Crippen molar-refractivity contribution in [3.63, 3.8) is 0 Å². The van der Waals surface area contributed by atoms with Gasteiger partial charge in [0.25, 0.3) is 11.7 Å². The van der Waals surface area contributed by atoms with E-state index in [0.717, 1.165) is 0 Å². The zero-order valence-corrected chi connectivity index (χ0v) is 20.5. The van der Waals surface area contributed by atoms with Crippen LogP contribution in [0.5, 0.6) is 5.75 Å². The Morgan fingerprint density at radius 1 is 1.12 bits per heavy atom. The van der Waals surface area contributed by atoms with Crippen molar-refractivity contribution in [1.29, 1.82) is 0 Å². The molecule has 1 aliphatic rings. The van der Waals surface area contributed by atoms with Gasteiger partial charge in [-0.05, 0) is 54.3 Å². The van der Waals surface area contributed by atoms with Crippen molar-refractivity contribution >= 4 is 40.7 Å². The molecule has 2 aromatic carbocycles. The van der Waals surface area contributed by atoms with Crippen molar-refractivity contribution in [1.82, 2.24) is 4.90 Å². The van der Waals surface area contributed by atoms with Gasteiger partial charge in [0.2, 0.25) is 0 Å². The Morgan fingerprint density at radius 2 is 1.85 bits per heavy atom. The summed E-state index contributed by atoms with van der Waals surface area (Å²) in [7, 11) is 1.51. The van der Waals surface area contributed by atoms with Crippen molar-refractivity contribution in [2.24, 2.45) is 5.92 Å². The maximum atomic E-state index is 13.1. The number of hydrogen-bond donors (Lipinski definition) is 1. The summed E-state index contributed by atoms with van der Waals surface area (Å²) < 4.78 is 10.9. The number of amides is 1. The van der Waals surface area contributed by atoms with Crippen LogP contribution in [-0.2, 0) is 14.3 Å². The number of halogens is 2. The largest absolute Gasteiger partial charge is 0.507 e. The van der Waals surface area contributed by atoms with Crippen LogP contribution in [0.4, 0.5) is 0 Å². The number of carbonyl (C=O) groups excluding carboxylic acids is 2. The number of hydrogen-bond acceptors (Lipinski definition) is 5. The zero-order chi connectivity index (χ0) is 24.3. The topological polar surface area (TPSA) is 76.1 Å². The van der Waals surface area contributed by atoms with E-state index >= 15 is 0 Å². The number of Topliss-reactive ketones (excluding diaryl/α,β-unsaturated/α-hetero) is 1. The molecule has 1 saturated heterocycles. The summed E-state index contributed by atoms with van der Waals surface area (Å²) in [6.07, 6.45) is 0. The van der Waals surface area contributed by atoms with E-state index in [1.54, 1.807) is 36.4 Å². The Labute approximate surface area is 203 Å². The van der Waals surface area contributed by atoms with Crippen LogP contribution < -0.4 is 4.74 Å². The molecule has 0 unspecified atom stereocenters. The van der Waals surface area contributed by atoms with Gasteiger partial charge in [-0.15, -0.1) is 0 Å². The van der Waals surface area contributed by atoms with Gasteiger partial charge in [0.1, 0.15) is 11.5 Å². The lowest BCUT2D eigenvalue weighted by Gasteiger charge is -2.25. The number of ketones is 1. The van der Waals surface area contributed by atoms with Crippen molar-refractivity contribution in [2.45, 2.75) is 26.8 Å². The quantitative estimate of drug-likeness (QED) is 0.303. The van der Waals surface area contributed by atoms with E-state index < -0.39 is 17.7 Å². The zero-order valence-electron chi connectivity index (χ0n) is 19.0. The monoisotopic (exact) mass is 491 g/mol. The lowest BCUT2D eigenvalue weighted by atomic mass is 9.94. The Balaban J connectivity index is 2.11. The number of nitrogens with zero attached hydrogens (tertiary/aromatic N) is 1. The first-order valence-electron chi connectivity index (χ1n) is 10.6. The van der Waals surface area contributed by atoms with Gasteiger partial charge < -0.3 is 19.5 Å². The van der Waals surface area contributed by atoms with Gasteiger partial charge in [-0.1, -0.05) is 43.1 Å². The molecule has 6 nitrogen and oxygen atoms in total. The molecule has 2 aromatic rings. The van der Waals surface area contributed by atoms with E-state index in [2.05, 4.69) is 13.8 Å². The highest BCUT2D eigenvalue weighted by Crippen LogP contribution is 2.41. The van der Waals surface area contributed by atoms with E-state index in [9.17, 15) is 14.7 Å². The highest BCUT2D eigenvalue weighted by atomic mass is 35.5. The first-order valence-corrected chi connectivity index (χ1v) is 11.4. The molecule has 8 heteroatoms. The van der Waals surface area contributed by atoms with E-state index in [4.69, 9.17) is 32.7 Å². The summed E-state index contributed by atoms with van der Waals surface area (Å²) in [5, 5.41) is 11.9. The van der Waals surface area contributed by atoms with Gasteiger partial charge in [-0.25, -0.2) is 0 Å². The van der Waals surface area contributed by atoms with Crippen LogP contribution in [0.15, 0.2) is 42.0 Å². The molecular weight excluding hydrogens is 465 g/mol. The Hall–Kier alpha value is -2.54. The fraction of sp³-hybridized carbons (Fsp3) is 0.360. The molecule has 33 heavy (non-hydrogen) atoms. The summed E-state index contributed by atoms with van der Waals surface area (Å²) in [4.78, 5) is 27.3. The molecule has 0 bridgehead atoms. The van der Waals surface area contributed by atoms with E-state index in [0.29, 0.717) is 40.0 Å². The minimum atomic E-state index is -0.828. The maximum Gasteiger partial charge on any atom is 0.295 e. The summed E-state index contributed by atoms with van der Waals surface area (Å²) in [5.41, 5.74) is 1.72. The average Bonchev–Trinajstić information content (AvgIpc) is 3.02. The van der Waals surface area contributed by atoms with Crippen LogP contribution in [0.1, 0.15) is 36.6 Å². The van der Waals surface area contributed by atoms with Gasteiger partial charge in [0.05, 0.1) is 34.9 Å². The Kier molecular flexibility index (Phi) is 8.05. The molecule has 0 saturated carbocycles. The van der Waals surface area contributed by atoms with Gasteiger partial charge in [-0.3, -0.25) is 9.59 Å². The summed E-state index contributed by atoms with van der Waals surface area (Å²) >= 11 is 12.3. The number of aliphatic hydroxyl groups excluding tert-OH is 1. The molecule has 1 atom stereocenters. The van der Waals surface area contributed by atoms with Crippen LogP contribution in [0.2, 0.25) is 10.0 Å². The van der Waals surface area contributed by atoms with Gasteiger partial charge >= 0.3 is 0 Å². The molecule has 0 aromatic heterocycles. The third-order valence-electron chi connectivity index (χ3n) is 5.37. The number of benzene rings is 2. The average molecular weight is 492 g/mol. The second kappa shape index (κ2) is 10.6. The molecule has 1 N–H and O–H groups in total. The summed E-state index contributed by atoms with van der Waals surface area (Å²) in [5.74, 6) is -0.692. The lowest BCUT2D eigenvalue weighted by Crippen LogP contribution is -2.32. The molecule has 0 radical (unpaired) electrons. The van der Waals surface area contributed by atoms with Crippen LogP contribution in [0, 0.1) is 12.8 Å². The molecular formula is C25H27Cl2NO5. The van der Waals surface area contributed by atoms with Crippen LogP contribution in [0.25, 0.3) is 5.76 Å².